The van der Waals surface area contributed by atoms with E-state index in [4.69, 9.17) is 4.52 Å². The molecule has 0 bridgehead atoms. The van der Waals surface area contributed by atoms with Gasteiger partial charge in [0.25, 0.3) is 0 Å². The summed E-state index contributed by atoms with van der Waals surface area (Å²) in [5.41, 5.74) is 0.702. The molecule has 3 aromatic rings. The van der Waals surface area contributed by atoms with E-state index in [1.54, 1.807) is 16.7 Å². The molecular weight excluding hydrogens is 363 g/mol. The van der Waals surface area contributed by atoms with E-state index in [0.717, 1.165) is 24.2 Å². The molecule has 28 heavy (non-hydrogen) atoms. The van der Waals surface area contributed by atoms with E-state index < -0.39 is 0 Å². The molecule has 1 aliphatic heterocycles. The van der Waals surface area contributed by atoms with Gasteiger partial charge in [0.05, 0.1) is 6.54 Å². The molecule has 1 unspecified atom stereocenters. The lowest BCUT2D eigenvalue weighted by Crippen LogP contribution is -2.27. The van der Waals surface area contributed by atoms with Crippen LogP contribution in [0.5, 0.6) is 0 Å². The van der Waals surface area contributed by atoms with Crippen molar-refractivity contribution >= 4 is 6.01 Å². The summed E-state index contributed by atoms with van der Waals surface area (Å²) in [7, 11) is 0. The van der Waals surface area contributed by atoms with Crippen molar-refractivity contribution in [3.63, 3.8) is 0 Å². The van der Waals surface area contributed by atoms with E-state index >= 15 is 0 Å². The molecule has 2 aromatic heterocycles. The van der Waals surface area contributed by atoms with Gasteiger partial charge < -0.3 is 9.84 Å². The number of hydrogen-bond acceptors (Lipinski definition) is 6. The molecule has 0 saturated heterocycles. The third-order valence-corrected chi connectivity index (χ3v) is 4.95. The SMILES string of the molecule is CC(C)c1noc(NC2CCc3nn(Cc4ccc(F)cc4)c(=O)n3CC2)n1. The first-order chi connectivity index (χ1) is 13.5. The maximum atomic E-state index is 13.1. The van der Waals surface area contributed by atoms with Crippen LogP contribution in [0, 0.1) is 5.82 Å². The molecule has 8 nitrogen and oxygen atoms in total. The van der Waals surface area contributed by atoms with E-state index in [1.165, 1.54) is 16.8 Å². The zero-order valence-electron chi connectivity index (χ0n) is 15.9. The monoisotopic (exact) mass is 386 g/mol. The van der Waals surface area contributed by atoms with E-state index in [1.807, 2.05) is 13.8 Å². The van der Waals surface area contributed by atoms with E-state index in [9.17, 15) is 9.18 Å². The number of anilines is 1. The van der Waals surface area contributed by atoms with Gasteiger partial charge in [-0.2, -0.15) is 10.1 Å². The quantitative estimate of drug-likeness (QED) is 0.725. The second-order valence-electron chi connectivity index (χ2n) is 7.42. The molecule has 3 heterocycles. The van der Waals surface area contributed by atoms with Crippen LogP contribution >= 0.6 is 0 Å². The molecule has 0 spiro atoms. The number of fused-ring (bicyclic) bond motifs is 1. The highest BCUT2D eigenvalue weighted by Gasteiger charge is 2.22. The minimum absolute atomic E-state index is 0.132. The first kappa shape index (κ1) is 18.4. The molecule has 0 fully saturated rings. The lowest BCUT2D eigenvalue weighted by molar-refractivity contribution is 0.411. The van der Waals surface area contributed by atoms with E-state index in [-0.39, 0.29) is 23.5 Å². The third kappa shape index (κ3) is 3.83. The summed E-state index contributed by atoms with van der Waals surface area (Å²) < 4.78 is 21.5. The Bertz CT molecular complexity index is 1000. The average molecular weight is 386 g/mol. The Hall–Kier alpha value is -2.97. The normalized spacial score (nSPS) is 16.8. The zero-order chi connectivity index (χ0) is 19.7. The lowest BCUT2D eigenvalue weighted by Gasteiger charge is -2.13. The van der Waals surface area contributed by atoms with Crippen molar-refractivity contribution in [2.75, 3.05) is 5.32 Å². The predicted octanol–water partition coefficient (Wildman–Crippen LogP) is 2.56. The smallest absolute Gasteiger partial charge is 0.335 e. The van der Waals surface area contributed by atoms with Crippen molar-refractivity contribution < 1.29 is 8.91 Å². The van der Waals surface area contributed by atoms with Crippen molar-refractivity contribution in [3.05, 3.63) is 57.8 Å². The molecule has 0 amide bonds. The lowest BCUT2D eigenvalue weighted by atomic mass is 10.1. The van der Waals surface area contributed by atoms with Crippen LogP contribution in [0.15, 0.2) is 33.6 Å². The van der Waals surface area contributed by atoms with E-state index in [0.29, 0.717) is 31.3 Å². The van der Waals surface area contributed by atoms with Crippen LogP contribution < -0.4 is 11.0 Å². The second-order valence-corrected chi connectivity index (χ2v) is 7.42. The topological polar surface area (TPSA) is 90.8 Å². The van der Waals surface area contributed by atoms with Crippen LogP contribution in [0.2, 0.25) is 0 Å². The molecule has 4 rings (SSSR count). The number of aromatic nitrogens is 5. The first-order valence-corrected chi connectivity index (χ1v) is 9.50. The van der Waals surface area contributed by atoms with Crippen LogP contribution in [-0.4, -0.2) is 30.5 Å². The number of rotatable bonds is 5. The van der Waals surface area contributed by atoms with Gasteiger partial charge >= 0.3 is 11.7 Å². The Labute approximate surface area is 161 Å². The molecule has 1 aromatic carbocycles. The molecule has 1 N–H and O–H groups in total. The van der Waals surface area contributed by atoms with Gasteiger partial charge in [0.2, 0.25) is 0 Å². The fraction of sp³-hybridized carbons (Fsp3) is 0.474. The van der Waals surface area contributed by atoms with Gasteiger partial charge in [-0.05, 0) is 30.5 Å². The highest BCUT2D eigenvalue weighted by atomic mass is 19.1. The maximum Gasteiger partial charge on any atom is 0.346 e. The standard InChI is InChI=1S/C19H23FN6O2/c1-12(2)17-22-18(28-24-17)21-15-7-8-16-23-26(19(27)25(16)10-9-15)11-13-3-5-14(20)6-4-13/h3-6,12,15H,7-11H2,1-2H3,(H,21,22,24). The molecular formula is C19H23FN6O2. The van der Waals surface area contributed by atoms with Crippen molar-refractivity contribution in [1.82, 2.24) is 24.5 Å². The number of aryl methyl sites for hydroxylation is 1. The number of benzene rings is 1. The molecule has 0 saturated carbocycles. The van der Waals surface area contributed by atoms with Gasteiger partial charge in [0.1, 0.15) is 11.6 Å². The van der Waals surface area contributed by atoms with Crippen LogP contribution in [0.3, 0.4) is 0 Å². The Morgan fingerprint density at radius 1 is 1.29 bits per heavy atom. The largest absolute Gasteiger partial charge is 0.346 e. The Morgan fingerprint density at radius 2 is 2.07 bits per heavy atom. The summed E-state index contributed by atoms with van der Waals surface area (Å²) in [6, 6.07) is 6.67. The molecule has 9 heteroatoms. The summed E-state index contributed by atoms with van der Waals surface area (Å²) in [6.07, 6.45) is 2.25. The van der Waals surface area contributed by atoms with Crippen LogP contribution in [0.25, 0.3) is 0 Å². The summed E-state index contributed by atoms with van der Waals surface area (Å²) in [4.78, 5) is 17.1. The average Bonchev–Trinajstić information content (AvgIpc) is 3.19. The highest BCUT2D eigenvalue weighted by molar-refractivity contribution is 5.22. The van der Waals surface area contributed by atoms with Crippen molar-refractivity contribution in [2.24, 2.45) is 0 Å². The summed E-state index contributed by atoms with van der Waals surface area (Å²) in [5.74, 6) is 1.35. The number of halogens is 1. The minimum atomic E-state index is -0.294. The van der Waals surface area contributed by atoms with Gasteiger partial charge in [-0.3, -0.25) is 4.57 Å². The fourth-order valence-corrected chi connectivity index (χ4v) is 3.34. The molecule has 148 valence electrons. The third-order valence-electron chi connectivity index (χ3n) is 4.95. The minimum Gasteiger partial charge on any atom is -0.335 e. The Balaban J connectivity index is 1.43. The van der Waals surface area contributed by atoms with E-state index in [2.05, 4.69) is 20.6 Å². The predicted molar refractivity (Wildman–Crippen MR) is 101 cm³/mol. The maximum absolute atomic E-state index is 13.1. The number of nitrogens with zero attached hydrogens (tertiary/aromatic N) is 5. The van der Waals surface area contributed by atoms with Gasteiger partial charge in [-0.1, -0.05) is 31.1 Å². The second kappa shape index (κ2) is 7.57. The Kier molecular flexibility index (Phi) is 4.97. The van der Waals surface area contributed by atoms with Crippen LogP contribution in [0.1, 0.15) is 49.8 Å². The molecule has 1 atom stereocenters. The van der Waals surface area contributed by atoms with Crippen molar-refractivity contribution in [3.8, 4) is 0 Å². The van der Waals surface area contributed by atoms with Gasteiger partial charge in [0.15, 0.2) is 5.82 Å². The molecule has 0 radical (unpaired) electrons. The zero-order valence-corrected chi connectivity index (χ0v) is 15.9. The number of hydrogen-bond donors (Lipinski definition) is 1. The molecule has 1 aliphatic rings. The summed E-state index contributed by atoms with van der Waals surface area (Å²) in [6.45, 7) is 4.92. The number of nitrogens with one attached hydrogen (secondary N) is 1. The molecule has 0 aliphatic carbocycles. The fourth-order valence-electron chi connectivity index (χ4n) is 3.34. The van der Waals surface area contributed by atoms with Crippen LogP contribution in [0.4, 0.5) is 10.4 Å². The van der Waals surface area contributed by atoms with Crippen LogP contribution in [-0.2, 0) is 19.5 Å². The Morgan fingerprint density at radius 3 is 2.79 bits per heavy atom. The first-order valence-electron chi connectivity index (χ1n) is 9.50. The van der Waals surface area contributed by atoms with Gasteiger partial charge in [-0.25, -0.2) is 13.9 Å². The van der Waals surface area contributed by atoms with Crippen molar-refractivity contribution in [1.29, 1.82) is 0 Å². The summed E-state index contributed by atoms with van der Waals surface area (Å²) >= 11 is 0. The van der Waals surface area contributed by atoms with Crippen molar-refractivity contribution in [2.45, 2.75) is 58.2 Å². The van der Waals surface area contributed by atoms with Gasteiger partial charge in [0, 0.05) is 24.9 Å². The summed E-state index contributed by atoms with van der Waals surface area (Å²) in [5, 5.41) is 11.7. The highest BCUT2D eigenvalue weighted by Crippen LogP contribution is 2.18. The van der Waals surface area contributed by atoms with Gasteiger partial charge in [-0.15, -0.1) is 0 Å².